The lowest BCUT2D eigenvalue weighted by Crippen LogP contribution is -2.47. The molecule has 2 heterocycles. The zero-order chi connectivity index (χ0) is 12.4. The lowest BCUT2D eigenvalue weighted by Gasteiger charge is -2.29. The van der Waals surface area contributed by atoms with Crippen LogP contribution >= 0.6 is 0 Å². The normalized spacial score (nSPS) is 17.1. The van der Waals surface area contributed by atoms with Crippen LogP contribution in [0.1, 0.15) is 26.1 Å². The molecule has 0 bridgehead atoms. The fourth-order valence-corrected chi connectivity index (χ4v) is 2.10. The van der Waals surface area contributed by atoms with Gasteiger partial charge in [0.2, 0.25) is 5.91 Å². The molecule has 1 unspecified atom stereocenters. The number of fused-ring (bicyclic) bond motifs is 1. The highest BCUT2D eigenvalue weighted by atomic mass is 16.2. The molecular weight excluding hydrogens is 218 g/mol. The summed E-state index contributed by atoms with van der Waals surface area (Å²) in [6.45, 7) is 6.10. The SMILES string of the molecule is CC(C)CC(N)C(=O)N1CCn2cnnc2C1. The van der Waals surface area contributed by atoms with E-state index < -0.39 is 6.04 Å². The van der Waals surface area contributed by atoms with Crippen molar-refractivity contribution < 1.29 is 4.79 Å². The molecule has 1 aromatic heterocycles. The fourth-order valence-electron chi connectivity index (χ4n) is 2.10. The van der Waals surface area contributed by atoms with Gasteiger partial charge in [-0.2, -0.15) is 0 Å². The molecule has 0 saturated carbocycles. The van der Waals surface area contributed by atoms with E-state index in [4.69, 9.17) is 5.73 Å². The molecule has 2 rings (SSSR count). The van der Waals surface area contributed by atoms with Gasteiger partial charge >= 0.3 is 0 Å². The molecule has 94 valence electrons. The average Bonchev–Trinajstić information content (AvgIpc) is 2.73. The monoisotopic (exact) mass is 237 g/mol. The summed E-state index contributed by atoms with van der Waals surface area (Å²) in [5.41, 5.74) is 5.91. The van der Waals surface area contributed by atoms with E-state index >= 15 is 0 Å². The van der Waals surface area contributed by atoms with Crippen LogP contribution in [-0.2, 0) is 17.9 Å². The van der Waals surface area contributed by atoms with E-state index in [1.54, 1.807) is 11.2 Å². The Balaban J connectivity index is 1.98. The first-order valence-electron chi connectivity index (χ1n) is 5.99. The van der Waals surface area contributed by atoms with Gasteiger partial charge in [0.15, 0.2) is 5.82 Å². The minimum Gasteiger partial charge on any atom is -0.332 e. The second-order valence-corrected chi connectivity index (χ2v) is 4.94. The maximum atomic E-state index is 12.1. The van der Waals surface area contributed by atoms with Gasteiger partial charge in [-0.25, -0.2) is 0 Å². The van der Waals surface area contributed by atoms with Crippen LogP contribution in [0.2, 0.25) is 0 Å². The molecular formula is C11H19N5O. The van der Waals surface area contributed by atoms with Crippen molar-refractivity contribution in [1.29, 1.82) is 0 Å². The standard InChI is InChI=1S/C11H19N5O/c1-8(2)5-9(12)11(17)15-3-4-16-7-13-14-10(16)6-15/h7-9H,3-6,12H2,1-2H3. The number of carbonyl (C=O) groups excluding carboxylic acids is 1. The van der Waals surface area contributed by atoms with Crippen molar-refractivity contribution in [2.75, 3.05) is 6.54 Å². The van der Waals surface area contributed by atoms with Crippen molar-refractivity contribution >= 4 is 5.91 Å². The lowest BCUT2D eigenvalue weighted by atomic mass is 10.0. The Labute approximate surface area is 101 Å². The van der Waals surface area contributed by atoms with Crippen molar-refractivity contribution in [2.24, 2.45) is 11.7 Å². The summed E-state index contributed by atoms with van der Waals surface area (Å²) < 4.78 is 1.97. The number of hydrogen-bond acceptors (Lipinski definition) is 4. The first-order chi connectivity index (χ1) is 8.08. The molecule has 0 spiro atoms. The molecule has 0 fully saturated rings. The highest BCUT2D eigenvalue weighted by Crippen LogP contribution is 2.12. The third-order valence-electron chi connectivity index (χ3n) is 2.99. The summed E-state index contributed by atoms with van der Waals surface area (Å²) in [6, 6.07) is -0.399. The van der Waals surface area contributed by atoms with Gasteiger partial charge in [0.25, 0.3) is 0 Å². The summed E-state index contributed by atoms with van der Waals surface area (Å²) in [4.78, 5) is 13.9. The smallest absolute Gasteiger partial charge is 0.239 e. The van der Waals surface area contributed by atoms with E-state index in [-0.39, 0.29) is 5.91 Å². The predicted molar refractivity (Wildman–Crippen MR) is 62.9 cm³/mol. The third-order valence-corrected chi connectivity index (χ3v) is 2.99. The van der Waals surface area contributed by atoms with Gasteiger partial charge in [0.05, 0.1) is 12.6 Å². The van der Waals surface area contributed by atoms with Crippen molar-refractivity contribution in [1.82, 2.24) is 19.7 Å². The van der Waals surface area contributed by atoms with Crippen LogP contribution in [0.4, 0.5) is 0 Å². The van der Waals surface area contributed by atoms with Gasteiger partial charge in [0, 0.05) is 13.1 Å². The van der Waals surface area contributed by atoms with Crippen LogP contribution in [0, 0.1) is 5.92 Å². The van der Waals surface area contributed by atoms with Gasteiger partial charge < -0.3 is 15.2 Å². The molecule has 17 heavy (non-hydrogen) atoms. The molecule has 1 aliphatic heterocycles. The Morgan fingerprint density at radius 3 is 3.00 bits per heavy atom. The molecule has 0 saturated heterocycles. The highest BCUT2D eigenvalue weighted by Gasteiger charge is 2.26. The Bertz CT molecular complexity index is 400. The molecule has 1 aromatic rings. The van der Waals surface area contributed by atoms with E-state index in [2.05, 4.69) is 24.0 Å². The van der Waals surface area contributed by atoms with Crippen molar-refractivity contribution in [3.63, 3.8) is 0 Å². The van der Waals surface area contributed by atoms with E-state index in [1.807, 2.05) is 4.57 Å². The summed E-state index contributed by atoms with van der Waals surface area (Å²) >= 11 is 0. The van der Waals surface area contributed by atoms with Crippen LogP contribution in [0.3, 0.4) is 0 Å². The largest absolute Gasteiger partial charge is 0.332 e. The summed E-state index contributed by atoms with van der Waals surface area (Å²) in [6.07, 6.45) is 2.42. The number of hydrogen-bond donors (Lipinski definition) is 1. The quantitative estimate of drug-likeness (QED) is 0.802. The van der Waals surface area contributed by atoms with Crippen molar-refractivity contribution in [3.8, 4) is 0 Å². The van der Waals surface area contributed by atoms with Crippen LogP contribution in [0.15, 0.2) is 6.33 Å². The number of amides is 1. The Morgan fingerprint density at radius 2 is 2.29 bits per heavy atom. The number of carbonyl (C=O) groups is 1. The second-order valence-electron chi connectivity index (χ2n) is 4.94. The highest BCUT2D eigenvalue weighted by molar-refractivity contribution is 5.81. The molecule has 2 N–H and O–H groups in total. The lowest BCUT2D eigenvalue weighted by molar-refractivity contribution is -0.134. The maximum absolute atomic E-state index is 12.1. The Hall–Kier alpha value is -1.43. The number of nitrogens with two attached hydrogens (primary N) is 1. The van der Waals surface area contributed by atoms with E-state index in [1.165, 1.54) is 0 Å². The molecule has 0 radical (unpaired) electrons. The Kier molecular flexibility index (Phi) is 3.42. The summed E-state index contributed by atoms with van der Waals surface area (Å²) in [5, 5.41) is 7.82. The van der Waals surface area contributed by atoms with Gasteiger partial charge in [-0.3, -0.25) is 4.79 Å². The third kappa shape index (κ3) is 2.63. The van der Waals surface area contributed by atoms with E-state index in [9.17, 15) is 4.79 Å². The second kappa shape index (κ2) is 4.83. The van der Waals surface area contributed by atoms with Gasteiger partial charge in [-0.1, -0.05) is 13.8 Å². The van der Waals surface area contributed by atoms with Crippen LogP contribution in [0.5, 0.6) is 0 Å². The first kappa shape index (κ1) is 12.0. The molecule has 0 aliphatic carbocycles. The van der Waals surface area contributed by atoms with Crippen molar-refractivity contribution in [2.45, 2.75) is 39.4 Å². The van der Waals surface area contributed by atoms with Crippen LogP contribution in [-0.4, -0.2) is 38.2 Å². The van der Waals surface area contributed by atoms with Gasteiger partial charge in [0.1, 0.15) is 6.33 Å². The summed E-state index contributed by atoms with van der Waals surface area (Å²) in [7, 11) is 0. The molecule has 1 amide bonds. The Morgan fingerprint density at radius 1 is 1.53 bits per heavy atom. The molecule has 0 aromatic carbocycles. The van der Waals surface area contributed by atoms with E-state index in [0.29, 0.717) is 19.0 Å². The summed E-state index contributed by atoms with van der Waals surface area (Å²) in [5.74, 6) is 1.29. The van der Waals surface area contributed by atoms with Gasteiger partial charge in [-0.15, -0.1) is 10.2 Å². The first-order valence-corrected chi connectivity index (χ1v) is 5.99. The van der Waals surface area contributed by atoms with Crippen LogP contribution < -0.4 is 5.73 Å². The predicted octanol–water partition coefficient (Wildman–Crippen LogP) is -0.00630. The minimum absolute atomic E-state index is 0.0213. The molecule has 1 atom stereocenters. The molecule has 1 aliphatic rings. The maximum Gasteiger partial charge on any atom is 0.239 e. The number of aromatic nitrogens is 3. The molecule has 6 heteroatoms. The van der Waals surface area contributed by atoms with Gasteiger partial charge in [-0.05, 0) is 12.3 Å². The topological polar surface area (TPSA) is 77.0 Å². The van der Waals surface area contributed by atoms with E-state index in [0.717, 1.165) is 18.8 Å². The van der Waals surface area contributed by atoms with Crippen molar-refractivity contribution in [3.05, 3.63) is 12.2 Å². The number of rotatable bonds is 3. The minimum atomic E-state index is -0.399. The number of nitrogens with zero attached hydrogens (tertiary/aromatic N) is 4. The average molecular weight is 237 g/mol. The molecule has 6 nitrogen and oxygen atoms in total. The fraction of sp³-hybridized carbons (Fsp3) is 0.727. The van der Waals surface area contributed by atoms with Crippen LogP contribution in [0.25, 0.3) is 0 Å². The zero-order valence-corrected chi connectivity index (χ0v) is 10.3. The zero-order valence-electron chi connectivity index (χ0n) is 10.3.